The summed E-state index contributed by atoms with van der Waals surface area (Å²) in [5.74, 6) is 0.861. The quantitative estimate of drug-likeness (QED) is 0.571. The third-order valence-electron chi connectivity index (χ3n) is 2.33. The van der Waals surface area contributed by atoms with E-state index >= 15 is 0 Å². The SMILES string of the molecule is C/C(CC(C)C)=N/NC(=O)COc1ccc(Br)cc1Br. The van der Waals surface area contributed by atoms with Crippen LogP contribution in [0.25, 0.3) is 0 Å². The molecule has 20 heavy (non-hydrogen) atoms. The van der Waals surface area contributed by atoms with E-state index in [4.69, 9.17) is 4.74 Å². The molecular formula is C14H18Br2N2O2. The Morgan fingerprint density at radius 3 is 2.70 bits per heavy atom. The lowest BCUT2D eigenvalue weighted by atomic mass is 10.1. The zero-order valence-corrected chi connectivity index (χ0v) is 14.9. The first-order valence-corrected chi connectivity index (χ1v) is 7.87. The van der Waals surface area contributed by atoms with Gasteiger partial charge in [-0.15, -0.1) is 0 Å². The highest BCUT2D eigenvalue weighted by atomic mass is 79.9. The Morgan fingerprint density at radius 1 is 1.40 bits per heavy atom. The van der Waals surface area contributed by atoms with Gasteiger partial charge in [0.15, 0.2) is 6.61 Å². The summed E-state index contributed by atoms with van der Waals surface area (Å²) >= 11 is 6.73. The van der Waals surface area contributed by atoms with Crippen LogP contribution in [0.3, 0.4) is 0 Å². The Balaban J connectivity index is 2.43. The molecule has 0 unspecified atom stereocenters. The van der Waals surface area contributed by atoms with Crippen molar-refractivity contribution >= 4 is 43.5 Å². The minimum Gasteiger partial charge on any atom is -0.483 e. The molecule has 0 bridgehead atoms. The van der Waals surface area contributed by atoms with Gasteiger partial charge in [0.2, 0.25) is 0 Å². The zero-order chi connectivity index (χ0) is 15.1. The molecule has 1 aromatic carbocycles. The Labute approximate surface area is 136 Å². The minimum absolute atomic E-state index is 0.0707. The first kappa shape index (κ1) is 17.2. The fraction of sp³-hybridized carbons (Fsp3) is 0.429. The Bertz CT molecular complexity index is 502. The predicted molar refractivity (Wildman–Crippen MR) is 88.0 cm³/mol. The Hall–Kier alpha value is -0.880. The van der Waals surface area contributed by atoms with Crippen LogP contribution in [0.5, 0.6) is 5.75 Å². The molecule has 110 valence electrons. The molecule has 0 aliphatic heterocycles. The molecule has 4 nitrogen and oxygen atoms in total. The standard InChI is InChI=1S/C14H18Br2N2O2/c1-9(2)6-10(3)17-18-14(19)8-20-13-5-4-11(15)7-12(13)16/h4-5,7,9H,6,8H2,1-3H3,(H,18,19)/b17-10-. The topological polar surface area (TPSA) is 50.7 Å². The summed E-state index contributed by atoms with van der Waals surface area (Å²) in [6.45, 7) is 6.04. The van der Waals surface area contributed by atoms with Gasteiger partial charge in [0.05, 0.1) is 4.47 Å². The third kappa shape index (κ3) is 6.52. The van der Waals surface area contributed by atoms with Crippen molar-refractivity contribution in [2.45, 2.75) is 27.2 Å². The Morgan fingerprint density at radius 2 is 2.10 bits per heavy atom. The van der Waals surface area contributed by atoms with Crippen LogP contribution in [0.1, 0.15) is 27.2 Å². The number of carbonyl (C=O) groups excluding carboxylic acids is 1. The number of amides is 1. The number of hydrogen-bond acceptors (Lipinski definition) is 3. The Kier molecular flexibility index (Phi) is 7.23. The molecule has 0 aromatic heterocycles. The fourth-order valence-electron chi connectivity index (χ4n) is 1.56. The van der Waals surface area contributed by atoms with Gasteiger partial charge in [0.1, 0.15) is 5.75 Å². The van der Waals surface area contributed by atoms with E-state index in [2.05, 4.69) is 56.2 Å². The summed E-state index contributed by atoms with van der Waals surface area (Å²) in [6, 6.07) is 5.50. The lowest BCUT2D eigenvalue weighted by molar-refractivity contribution is -0.123. The van der Waals surface area contributed by atoms with Gasteiger partial charge in [-0.2, -0.15) is 5.10 Å². The number of halogens is 2. The summed E-state index contributed by atoms with van der Waals surface area (Å²) in [5, 5.41) is 4.03. The average molecular weight is 406 g/mol. The van der Waals surface area contributed by atoms with E-state index < -0.39 is 0 Å². The monoisotopic (exact) mass is 404 g/mol. The molecular weight excluding hydrogens is 388 g/mol. The maximum atomic E-state index is 11.6. The van der Waals surface area contributed by atoms with Crippen LogP contribution < -0.4 is 10.2 Å². The molecule has 0 aliphatic carbocycles. The van der Waals surface area contributed by atoms with Crippen molar-refractivity contribution in [2.75, 3.05) is 6.61 Å². The van der Waals surface area contributed by atoms with E-state index in [1.165, 1.54) is 0 Å². The molecule has 0 radical (unpaired) electrons. The van der Waals surface area contributed by atoms with Gasteiger partial charge in [-0.25, -0.2) is 5.43 Å². The van der Waals surface area contributed by atoms with Crippen LogP contribution in [-0.2, 0) is 4.79 Å². The van der Waals surface area contributed by atoms with Crippen LogP contribution in [-0.4, -0.2) is 18.2 Å². The first-order valence-electron chi connectivity index (χ1n) is 6.28. The van der Waals surface area contributed by atoms with Crippen LogP contribution in [0.4, 0.5) is 0 Å². The number of ether oxygens (including phenoxy) is 1. The number of rotatable bonds is 6. The average Bonchev–Trinajstić information content (AvgIpc) is 2.34. The summed E-state index contributed by atoms with van der Waals surface area (Å²) in [4.78, 5) is 11.6. The van der Waals surface area contributed by atoms with Gasteiger partial charge in [-0.3, -0.25) is 4.79 Å². The second-order valence-electron chi connectivity index (χ2n) is 4.84. The molecule has 6 heteroatoms. The van der Waals surface area contributed by atoms with Crippen molar-refractivity contribution in [1.29, 1.82) is 0 Å². The molecule has 0 aliphatic rings. The second-order valence-corrected chi connectivity index (χ2v) is 6.61. The lowest BCUT2D eigenvalue weighted by Crippen LogP contribution is -2.25. The molecule has 0 atom stereocenters. The molecule has 1 rings (SSSR count). The largest absolute Gasteiger partial charge is 0.483 e. The van der Waals surface area contributed by atoms with E-state index in [1.807, 2.05) is 19.1 Å². The molecule has 0 spiro atoms. The number of hydrazone groups is 1. The van der Waals surface area contributed by atoms with Crippen LogP contribution in [0, 0.1) is 5.92 Å². The van der Waals surface area contributed by atoms with Crippen molar-refractivity contribution in [3.05, 3.63) is 27.1 Å². The normalized spacial score (nSPS) is 11.6. The number of benzene rings is 1. The smallest absolute Gasteiger partial charge is 0.277 e. The molecule has 1 amide bonds. The summed E-state index contributed by atoms with van der Waals surface area (Å²) in [5.41, 5.74) is 3.39. The number of nitrogens with zero attached hydrogens (tertiary/aromatic N) is 1. The van der Waals surface area contributed by atoms with Crippen molar-refractivity contribution in [3.63, 3.8) is 0 Å². The summed E-state index contributed by atoms with van der Waals surface area (Å²) in [7, 11) is 0. The van der Waals surface area contributed by atoms with Crippen LogP contribution in [0.2, 0.25) is 0 Å². The van der Waals surface area contributed by atoms with Crippen molar-refractivity contribution in [1.82, 2.24) is 5.43 Å². The van der Waals surface area contributed by atoms with E-state index in [9.17, 15) is 4.79 Å². The molecule has 1 aromatic rings. The third-order valence-corrected chi connectivity index (χ3v) is 3.44. The highest BCUT2D eigenvalue weighted by molar-refractivity contribution is 9.11. The molecule has 0 saturated carbocycles. The first-order chi connectivity index (χ1) is 9.38. The van der Waals surface area contributed by atoms with Gasteiger partial charge in [-0.05, 0) is 53.4 Å². The van der Waals surface area contributed by atoms with E-state index in [1.54, 1.807) is 6.07 Å². The summed E-state index contributed by atoms with van der Waals surface area (Å²) < 4.78 is 7.15. The number of carbonyl (C=O) groups is 1. The zero-order valence-electron chi connectivity index (χ0n) is 11.7. The predicted octanol–water partition coefficient (Wildman–Crippen LogP) is 4.13. The van der Waals surface area contributed by atoms with Crippen molar-refractivity contribution in [2.24, 2.45) is 11.0 Å². The van der Waals surface area contributed by atoms with Gasteiger partial charge in [-0.1, -0.05) is 29.8 Å². The summed E-state index contributed by atoms with van der Waals surface area (Å²) in [6.07, 6.45) is 0.861. The number of hydrogen-bond donors (Lipinski definition) is 1. The van der Waals surface area contributed by atoms with Crippen LogP contribution in [0.15, 0.2) is 32.2 Å². The molecule has 0 heterocycles. The van der Waals surface area contributed by atoms with Gasteiger partial charge >= 0.3 is 0 Å². The number of nitrogens with one attached hydrogen (secondary N) is 1. The lowest BCUT2D eigenvalue weighted by Gasteiger charge is -2.08. The maximum absolute atomic E-state index is 11.6. The van der Waals surface area contributed by atoms with E-state index in [-0.39, 0.29) is 12.5 Å². The van der Waals surface area contributed by atoms with Crippen LogP contribution >= 0.6 is 31.9 Å². The molecule has 1 N–H and O–H groups in total. The molecule has 0 fully saturated rings. The van der Waals surface area contributed by atoms with Crippen molar-refractivity contribution < 1.29 is 9.53 Å². The van der Waals surface area contributed by atoms with E-state index in [0.29, 0.717) is 11.7 Å². The minimum atomic E-state index is -0.275. The fourth-order valence-corrected chi connectivity index (χ4v) is 2.72. The van der Waals surface area contributed by atoms with Crippen molar-refractivity contribution in [3.8, 4) is 5.75 Å². The van der Waals surface area contributed by atoms with Gasteiger partial charge in [0, 0.05) is 10.2 Å². The highest BCUT2D eigenvalue weighted by Gasteiger charge is 2.06. The van der Waals surface area contributed by atoms with Gasteiger partial charge < -0.3 is 4.74 Å². The maximum Gasteiger partial charge on any atom is 0.277 e. The molecule has 0 saturated heterocycles. The highest BCUT2D eigenvalue weighted by Crippen LogP contribution is 2.27. The van der Waals surface area contributed by atoms with Gasteiger partial charge in [0.25, 0.3) is 5.91 Å². The second kappa shape index (κ2) is 8.42. The van der Waals surface area contributed by atoms with E-state index in [0.717, 1.165) is 21.1 Å².